The van der Waals surface area contributed by atoms with Crippen molar-refractivity contribution in [2.45, 2.75) is 0 Å². The van der Waals surface area contributed by atoms with E-state index >= 15 is 0 Å². The van der Waals surface area contributed by atoms with Crippen molar-refractivity contribution >= 4 is 50.0 Å². The van der Waals surface area contributed by atoms with Crippen LogP contribution in [0.1, 0.15) is 0 Å². The predicted octanol–water partition coefficient (Wildman–Crippen LogP) is 3.85. The zero-order valence-electron chi connectivity index (χ0n) is 10.7. The van der Waals surface area contributed by atoms with E-state index in [1.807, 2.05) is 12.1 Å². The van der Waals surface area contributed by atoms with Crippen LogP contribution in [0.3, 0.4) is 0 Å². The first-order valence-electron chi connectivity index (χ1n) is 6.45. The fourth-order valence-corrected chi connectivity index (χ4v) is 3.99. The van der Waals surface area contributed by atoms with E-state index in [0.29, 0.717) is 0 Å². The van der Waals surface area contributed by atoms with Crippen LogP contribution in [0.5, 0.6) is 5.75 Å². The SMILES string of the molecule is OBOc1cccc2c1sc1c3ccccc3ccc21. The smallest absolute Gasteiger partial charge is 0.504 e. The Hall–Kier alpha value is -2.04. The number of hydrogen-bond donors (Lipinski definition) is 1. The summed E-state index contributed by atoms with van der Waals surface area (Å²) in [5.41, 5.74) is 0. The van der Waals surface area contributed by atoms with Crippen LogP contribution >= 0.6 is 11.3 Å². The lowest BCUT2D eigenvalue weighted by Gasteiger charge is -2.02. The molecule has 1 heterocycles. The zero-order valence-corrected chi connectivity index (χ0v) is 11.5. The van der Waals surface area contributed by atoms with Crippen LogP contribution in [0, 0.1) is 0 Å². The van der Waals surface area contributed by atoms with Gasteiger partial charge in [0.2, 0.25) is 0 Å². The van der Waals surface area contributed by atoms with Crippen LogP contribution in [-0.4, -0.2) is 12.7 Å². The second-order valence-corrected chi connectivity index (χ2v) is 5.69. The van der Waals surface area contributed by atoms with Crippen LogP contribution in [0.15, 0.2) is 54.6 Å². The van der Waals surface area contributed by atoms with Gasteiger partial charge in [-0.3, -0.25) is 0 Å². The maximum Gasteiger partial charge on any atom is 0.504 e. The van der Waals surface area contributed by atoms with Crippen molar-refractivity contribution in [2.75, 3.05) is 0 Å². The van der Waals surface area contributed by atoms with Gasteiger partial charge >= 0.3 is 7.69 Å². The minimum atomic E-state index is -0.298. The minimum Gasteiger partial charge on any atom is -0.538 e. The lowest BCUT2D eigenvalue weighted by atomic mass is 10.1. The average Bonchev–Trinajstić information content (AvgIpc) is 2.88. The molecule has 0 saturated carbocycles. The van der Waals surface area contributed by atoms with Gasteiger partial charge in [0.25, 0.3) is 0 Å². The maximum atomic E-state index is 9.01. The highest BCUT2D eigenvalue weighted by molar-refractivity contribution is 7.27. The van der Waals surface area contributed by atoms with Crippen LogP contribution in [0.2, 0.25) is 0 Å². The van der Waals surface area contributed by atoms with Gasteiger partial charge in [0.05, 0.1) is 4.70 Å². The number of thiophene rings is 1. The first kappa shape index (κ1) is 11.8. The Morgan fingerprint density at radius 3 is 2.50 bits per heavy atom. The molecular formula is C16H11BO2S. The Morgan fingerprint density at radius 2 is 1.60 bits per heavy atom. The van der Waals surface area contributed by atoms with E-state index in [1.54, 1.807) is 11.3 Å². The van der Waals surface area contributed by atoms with Gasteiger partial charge in [-0.2, -0.15) is 0 Å². The molecule has 2 nitrogen and oxygen atoms in total. The van der Waals surface area contributed by atoms with Gasteiger partial charge < -0.3 is 9.68 Å². The molecule has 0 saturated heterocycles. The first-order valence-corrected chi connectivity index (χ1v) is 7.27. The van der Waals surface area contributed by atoms with Gasteiger partial charge in [0.15, 0.2) is 0 Å². The van der Waals surface area contributed by atoms with Gasteiger partial charge in [-0.05, 0) is 16.8 Å². The third-order valence-electron chi connectivity index (χ3n) is 3.57. The van der Waals surface area contributed by atoms with Crippen molar-refractivity contribution in [1.82, 2.24) is 0 Å². The molecule has 3 aromatic carbocycles. The molecule has 0 unspecified atom stereocenters. The summed E-state index contributed by atoms with van der Waals surface area (Å²) in [6.07, 6.45) is 0. The third kappa shape index (κ3) is 1.62. The lowest BCUT2D eigenvalue weighted by Crippen LogP contribution is -1.99. The molecule has 1 aromatic heterocycles. The lowest BCUT2D eigenvalue weighted by molar-refractivity contribution is 0.457. The van der Waals surface area contributed by atoms with Gasteiger partial charge in [-0.25, -0.2) is 0 Å². The Labute approximate surface area is 120 Å². The van der Waals surface area contributed by atoms with Gasteiger partial charge in [-0.15, -0.1) is 11.3 Å². The van der Waals surface area contributed by atoms with Crippen molar-refractivity contribution in [2.24, 2.45) is 0 Å². The molecule has 0 amide bonds. The summed E-state index contributed by atoms with van der Waals surface area (Å²) in [6, 6.07) is 18.7. The van der Waals surface area contributed by atoms with E-state index in [0.717, 1.165) is 10.4 Å². The van der Waals surface area contributed by atoms with Gasteiger partial charge in [0, 0.05) is 15.5 Å². The van der Waals surface area contributed by atoms with Crippen LogP contribution < -0.4 is 4.65 Å². The number of rotatable bonds is 2. The first-order chi connectivity index (χ1) is 9.88. The minimum absolute atomic E-state index is 0.298. The maximum absolute atomic E-state index is 9.01. The highest BCUT2D eigenvalue weighted by Gasteiger charge is 2.11. The Kier molecular flexibility index (Phi) is 2.65. The molecule has 0 fully saturated rings. The zero-order chi connectivity index (χ0) is 13.5. The number of fused-ring (bicyclic) bond motifs is 5. The molecule has 0 aliphatic carbocycles. The average molecular weight is 278 g/mol. The fraction of sp³-hybridized carbons (Fsp3) is 0. The molecule has 20 heavy (non-hydrogen) atoms. The van der Waals surface area contributed by atoms with Gasteiger partial charge in [-0.1, -0.05) is 48.5 Å². The van der Waals surface area contributed by atoms with Crippen molar-refractivity contribution in [1.29, 1.82) is 0 Å². The Bertz CT molecular complexity index is 930. The van der Waals surface area contributed by atoms with E-state index in [4.69, 9.17) is 9.68 Å². The normalized spacial score (nSPS) is 11.2. The molecule has 1 N–H and O–H groups in total. The molecule has 0 aliphatic rings. The quantitative estimate of drug-likeness (QED) is 0.564. The summed E-state index contributed by atoms with van der Waals surface area (Å²) >= 11 is 1.72. The summed E-state index contributed by atoms with van der Waals surface area (Å²) in [5.74, 6) is 0.746. The molecule has 0 spiro atoms. The second kappa shape index (κ2) is 4.51. The highest BCUT2D eigenvalue weighted by Crippen LogP contribution is 2.42. The number of hydrogen-bond acceptors (Lipinski definition) is 3. The van der Waals surface area contributed by atoms with Crippen molar-refractivity contribution in [3.8, 4) is 5.75 Å². The summed E-state index contributed by atoms with van der Waals surface area (Å²) in [6.45, 7) is 0. The van der Waals surface area contributed by atoms with Crippen molar-refractivity contribution in [3.05, 3.63) is 54.6 Å². The summed E-state index contributed by atoms with van der Waals surface area (Å²) in [5, 5.41) is 13.9. The van der Waals surface area contributed by atoms with Crippen molar-refractivity contribution < 1.29 is 9.68 Å². The monoisotopic (exact) mass is 278 g/mol. The standard InChI is InChI=1S/C16H11BO2S/c18-17-19-14-7-3-6-12-13-9-8-10-4-1-2-5-11(10)15(13)20-16(12)14/h1-9,17-18H. The molecule has 0 radical (unpaired) electrons. The summed E-state index contributed by atoms with van der Waals surface area (Å²) < 4.78 is 7.69. The van der Waals surface area contributed by atoms with Gasteiger partial charge in [0.1, 0.15) is 5.75 Å². The molecule has 4 rings (SSSR count). The van der Waals surface area contributed by atoms with E-state index in [-0.39, 0.29) is 7.69 Å². The molecule has 0 atom stereocenters. The molecule has 0 aliphatic heterocycles. The van der Waals surface area contributed by atoms with Crippen LogP contribution in [-0.2, 0) is 0 Å². The molecule has 0 bridgehead atoms. The second-order valence-electron chi connectivity index (χ2n) is 4.67. The Balaban J connectivity index is 2.18. The van der Waals surface area contributed by atoms with Crippen molar-refractivity contribution in [3.63, 3.8) is 0 Å². The summed E-state index contributed by atoms with van der Waals surface area (Å²) in [4.78, 5) is 0. The molecular weight excluding hydrogens is 267 g/mol. The number of benzene rings is 3. The molecule has 4 heteroatoms. The van der Waals surface area contributed by atoms with E-state index in [2.05, 4.69) is 42.5 Å². The highest BCUT2D eigenvalue weighted by atomic mass is 32.1. The van der Waals surface area contributed by atoms with E-state index < -0.39 is 0 Å². The van der Waals surface area contributed by atoms with Crippen LogP contribution in [0.4, 0.5) is 0 Å². The fourth-order valence-electron chi connectivity index (χ4n) is 2.68. The van der Waals surface area contributed by atoms with E-state index in [9.17, 15) is 0 Å². The predicted molar refractivity (Wildman–Crippen MR) is 86.8 cm³/mol. The van der Waals surface area contributed by atoms with Crippen LogP contribution in [0.25, 0.3) is 30.9 Å². The largest absolute Gasteiger partial charge is 0.538 e. The Morgan fingerprint density at radius 1 is 0.800 bits per heavy atom. The molecule has 96 valence electrons. The molecule has 4 aromatic rings. The summed E-state index contributed by atoms with van der Waals surface area (Å²) in [7, 11) is -0.298. The third-order valence-corrected chi connectivity index (χ3v) is 4.84. The topological polar surface area (TPSA) is 29.5 Å². The van der Waals surface area contributed by atoms with E-state index in [1.165, 1.54) is 26.2 Å².